The number of carboxylic acids is 1. The average molecular weight is 473 g/mol. The largest absolute Gasteiger partial charge is 0.490 e. The summed E-state index contributed by atoms with van der Waals surface area (Å²) >= 11 is 0. The van der Waals surface area contributed by atoms with E-state index < -0.39 is 12.1 Å². The molecule has 1 unspecified atom stereocenters. The van der Waals surface area contributed by atoms with E-state index in [-0.39, 0.29) is 6.03 Å². The number of amides is 2. The van der Waals surface area contributed by atoms with Gasteiger partial charge in [-0.25, -0.2) is 9.59 Å². The highest BCUT2D eigenvalue weighted by molar-refractivity contribution is 5.73. The number of aliphatic carboxylic acids is 1. The standard InChI is InChI=1S/C18H42N6O.C2HF3O2/c1-4-17(24(2)3)9-16-23-18(25)22-15-8-14-21-12-6-5-11-20-13-7-10-19;3-2(4,5)1(6)7/h17,20-21H,4-16,19H2,1-3H3,(H2,22,23,25);(H,6,7). The van der Waals surface area contributed by atoms with E-state index in [0.29, 0.717) is 12.6 Å². The number of urea groups is 1. The van der Waals surface area contributed by atoms with Crippen molar-refractivity contribution in [2.45, 2.75) is 57.7 Å². The summed E-state index contributed by atoms with van der Waals surface area (Å²) in [5.74, 6) is -2.76. The fraction of sp³-hybridized carbons (Fsp3) is 0.900. The van der Waals surface area contributed by atoms with Crippen molar-refractivity contribution in [3.8, 4) is 0 Å². The lowest BCUT2D eigenvalue weighted by molar-refractivity contribution is -0.192. The van der Waals surface area contributed by atoms with Crippen LogP contribution in [0.4, 0.5) is 18.0 Å². The van der Waals surface area contributed by atoms with Crippen LogP contribution in [0.15, 0.2) is 0 Å². The molecule has 0 spiro atoms. The number of rotatable bonds is 17. The Balaban J connectivity index is 0. The Morgan fingerprint density at radius 1 is 0.906 bits per heavy atom. The van der Waals surface area contributed by atoms with Gasteiger partial charge in [-0.1, -0.05) is 6.92 Å². The van der Waals surface area contributed by atoms with Crippen molar-refractivity contribution in [1.29, 1.82) is 0 Å². The van der Waals surface area contributed by atoms with Crippen LogP contribution in [0, 0.1) is 0 Å². The second-order valence-corrected chi connectivity index (χ2v) is 7.50. The zero-order chi connectivity index (χ0) is 24.8. The number of nitrogens with zero attached hydrogens (tertiary/aromatic N) is 1. The number of alkyl halides is 3. The molecule has 0 aromatic carbocycles. The Bertz CT molecular complexity index is 468. The molecule has 7 N–H and O–H groups in total. The number of carbonyl (C=O) groups is 2. The molecule has 0 heterocycles. The van der Waals surface area contributed by atoms with Crippen molar-refractivity contribution < 1.29 is 27.9 Å². The summed E-state index contributed by atoms with van der Waals surface area (Å²) < 4.78 is 31.7. The van der Waals surface area contributed by atoms with Gasteiger partial charge in [0.1, 0.15) is 0 Å². The van der Waals surface area contributed by atoms with Crippen LogP contribution in [-0.2, 0) is 4.79 Å². The van der Waals surface area contributed by atoms with Gasteiger partial charge in [-0.2, -0.15) is 13.2 Å². The molecule has 0 aromatic rings. The maximum absolute atomic E-state index is 11.7. The highest BCUT2D eigenvalue weighted by Gasteiger charge is 2.38. The van der Waals surface area contributed by atoms with Crippen molar-refractivity contribution in [1.82, 2.24) is 26.2 Å². The monoisotopic (exact) mass is 472 g/mol. The van der Waals surface area contributed by atoms with E-state index in [0.717, 1.165) is 65.0 Å². The van der Waals surface area contributed by atoms with Crippen molar-refractivity contribution in [2.75, 3.05) is 59.9 Å². The first-order chi connectivity index (χ1) is 15.1. The number of halogens is 3. The van der Waals surface area contributed by atoms with Crippen LogP contribution in [0.1, 0.15) is 45.4 Å². The molecule has 0 aliphatic rings. The lowest BCUT2D eigenvalue weighted by Gasteiger charge is -2.22. The lowest BCUT2D eigenvalue weighted by Crippen LogP contribution is -2.39. The summed E-state index contributed by atoms with van der Waals surface area (Å²) in [6.07, 6.45) is 1.37. The van der Waals surface area contributed by atoms with Crippen molar-refractivity contribution >= 4 is 12.0 Å². The summed E-state index contributed by atoms with van der Waals surface area (Å²) in [6, 6.07) is 0.470. The minimum atomic E-state index is -5.08. The molecule has 0 saturated heterocycles. The number of nitrogens with two attached hydrogens (primary N) is 1. The van der Waals surface area contributed by atoms with E-state index in [1.807, 2.05) is 0 Å². The molecule has 0 bridgehead atoms. The molecule has 0 radical (unpaired) electrons. The molecular formula is C20H43F3N6O3. The van der Waals surface area contributed by atoms with Crippen LogP contribution in [0.2, 0.25) is 0 Å². The van der Waals surface area contributed by atoms with Crippen molar-refractivity contribution in [2.24, 2.45) is 5.73 Å². The SMILES string of the molecule is CCC(CCNC(=O)NCCCNCCCCNCCCN)N(C)C.O=C(O)C(F)(F)F. The van der Waals surface area contributed by atoms with Crippen LogP contribution >= 0.6 is 0 Å². The highest BCUT2D eigenvalue weighted by atomic mass is 19.4. The van der Waals surface area contributed by atoms with Crippen LogP contribution in [0.3, 0.4) is 0 Å². The fourth-order valence-electron chi connectivity index (χ4n) is 2.63. The van der Waals surface area contributed by atoms with Crippen LogP contribution in [-0.4, -0.2) is 94.1 Å². The number of hydrogen-bond acceptors (Lipinski definition) is 6. The molecule has 192 valence electrons. The Labute approximate surface area is 190 Å². The van der Waals surface area contributed by atoms with E-state index in [4.69, 9.17) is 15.6 Å². The Kier molecular flexibility index (Phi) is 21.6. The molecule has 0 aliphatic heterocycles. The van der Waals surface area contributed by atoms with Crippen LogP contribution in [0.25, 0.3) is 0 Å². The van der Waals surface area contributed by atoms with E-state index in [1.54, 1.807) is 0 Å². The van der Waals surface area contributed by atoms with Crippen molar-refractivity contribution in [3.63, 3.8) is 0 Å². The predicted molar refractivity (Wildman–Crippen MR) is 121 cm³/mol. The number of unbranched alkanes of at least 4 members (excludes halogenated alkanes) is 1. The zero-order valence-electron chi connectivity index (χ0n) is 19.7. The molecule has 0 fully saturated rings. The summed E-state index contributed by atoms with van der Waals surface area (Å²) in [5.41, 5.74) is 5.44. The maximum atomic E-state index is 11.7. The number of carboxylic acid groups (broad SMARTS) is 1. The molecule has 32 heavy (non-hydrogen) atoms. The third-order valence-corrected chi connectivity index (χ3v) is 4.54. The van der Waals surface area contributed by atoms with E-state index in [9.17, 15) is 18.0 Å². The van der Waals surface area contributed by atoms with Gasteiger partial charge in [-0.05, 0) is 85.3 Å². The van der Waals surface area contributed by atoms with Gasteiger partial charge >= 0.3 is 18.2 Å². The summed E-state index contributed by atoms with van der Waals surface area (Å²) in [7, 11) is 4.17. The molecule has 9 nitrogen and oxygen atoms in total. The molecule has 0 rings (SSSR count). The number of nitrogens with one attached hydrogen (secondary N) is 4. The molecular weight excluding hydrogens is 429 g/mol. The molecule has 1 atom stereocenters. The van der Waals surface area contributed by atoms with E-state index >= 15 is 0 Å². The van der Waals surface area contributed by atoms with Gasteiger partial charge in [0.25, 0.3) is 0 Å². The first-order valence-corrected chi connectivity index (χ1v) is 11.2. The molecule has 0 saturated carbocycles. The summed E-state index contributed by atoms with van der Waals surface area (Å²) in [4.78, 5) is 22.8. The third-order valence-electron chi connectivity index (χ3n) is 4.54. The highest BCUT2D eigenvalue weighted by Crippen LogP contribution is 2.13. The minimum absolute atomic E-state index is 0.0582. The van der Waals surface area contributed by atoms with Gasteiger partial charge in [0.05, 0.1) is 0 Å². The van der Waals surface area contributed by atoms with Gasteiger partial charge in [-0.15, -0.1) is 0 Å². The second kappa shape index (κ2) is 21.2. The minimum Gasteiger partial charge on any atom is -0.475 e. The van der Waals surface area contributed by atoms with Gasteiger partial charge in [0.2, 0.25) is 0 Å². The molecule has 0 aliphatic carbocycles. The summed E-state index contributed by atoms with van der Waals surface area (Å²) in [6.45, 7) is 8.44. The Morgan fingerprint density at radius 2 is 1.38 bits per heavy atom. The van der Waals surface area contributed by atoms with Crippen molar-refractivity contribution in [3.05, 3.63) is 0 Å². The van der Waals surface area contributed by atoms with Crippen LogP contribution < -0.4 is 27.0 Å². The molecule has 0 aromatic heterocycles. The van der Waals surface area contributed by atoms with Gasteiger partial charge in [0.15, 0.2) is 0 Å². The topological polar surface area (TPSA) is 132 Å². The Hall–Kier alpha value is -1.63. The van der Waals surface area contributed by atoms with Gasteiger partial charge < -0.3 is 37.0 Å². The third kappa shape index (κ3) is 23.0. The van der Waals surface area contributed by atoms with E-state index in [2.05, 4.69) is 47.2 Å². The predicted octanol–water partition coefficient (Wildman–Crippen LogP) is 1.35. The average Bonchev–Trinajstić information content (AvgIpc) is 2.71. The quantitative estimate of drug-likeness (QED) is 0.176. The summed E-state index contributed by atoms with van der Waals surface area (Å²) in [5, 5.41) is 19.8. The number of hydrogen-bond donors (Lipinski definition) is 6. The lowest BCUT2D eigenvalue weighted by atomic mass is 10.1. The fourth-order valence-corrected chi connectivity index (χ4v) is 2.63. The van der Waals surface area contributed by atoms with Crippen LogP contribution in [0.5, 0.6) is 0 Å². The normalized spacial score (nSPS) is 12.1. The van der Waals surface area contributed by atoms with E-state index in [1.165, 1.54) is 12.8 Å². The molecule has 2 amide bonds. The second-order valence-electron chi connectivity index (χ2n) is 7.50. The first-order valence-electron chi connectivity index (χ1n) is 11.2. The van der Waals surface area contributed by atoms with Gasteiger partial charge in [-0.3, -0.25) is 0 Å². The Morgan fingerprint density at radius 3 is 1.81 bits per heavy atom. The first kappa shape index (κ1) is 32.5. The maximum Gasteiger partial charge on any atom is 0.490 e. The number of carbonyl (C=O) groups excluding carboxylic acids is 1. The molecule has 12 heteroatoms. The van der Waals surface area contributed by atoms with Gasteiger partial charge in [0, 0.05) is 19.1 Å². The zero-order valence-corrected chi connectivity index (χ0v) is 19.7. The smallest absolute Gasteiger partial charge is 0.475 e.